The second-order valence-electron chi connectivity index (χ2n) is 5.74. The molecule has 0 atom stereocenters. The Hall–Kier alpha value is -2.31. The number of rotatable bonds is 3. The molecule has 0 N–H and O–H groups in total. The van der Waals surface area contributed by atoms with E-state index >= 15 is 0 Å². The number of hydrogen-bond donors (Lipinski definition) is 0. The Morgan fingerprint density at radius 3 is 2.65 bits per heavy atom. The monoisotopic (exact) mass is 276 g/mol. The van der Waals surface area contributed by atoms with Crippen LogP contribution in [0.1, 0.15) is 26.5 Å². The molecule has 0 spiro atoms. The third-order valence-electron chi connectivity index (χ3n) is 3.10. The molecule has 0 radical (unpaired) electrons. The Kier molecular flexibility index (Phi) is 3.29. The van der Waals surface area contributed by atoms with E-state index in [0.717, 1.165) is 0 Å². The van der Waals surface area contributed by atoms with Crippen molar-refractivity contribution in [3.05, 3.63) is 28.1 Å². The molecule has 0 unspecified atom stereocenters. The second-order valence-corrected chi connectivity index (χ2v) is 5.74. The number of fused-ring (bicyclic) bond motifs is 1. The first-order valence-corrected chi connectivity index (χ1v) is 6.21. The van der Waals surface area contributed by atoms with Crippen LogP contribution in [0, 0.1) is 22.5 Å². The Bertz CT molecular complexity index is 697. The van der Waals surface area contributed by atoms with Gasteiger partial charge in [-0.2, -0.15) is 5.10 Å². The van der Waals surface area contributed by atoms with Gasteiger partial charge < -0.3 is 0 Å². The number of ketones is 1. The van der Waals surface area contributed by atoms with Crippen molar-refractivity contribution in [2.45, 2.75) is 34.2 Å². The lowest BCUT2D eigenvalue weighted by atomic mass is 9.91. The fourth-order valence-corrected chi connectivity index (χ4v) is 1.78. The van der Waals surface area contributed by atoms with Gasteiger partial charge in [0.05, 0.1) is 10.6 Å². The quantitative estimate of drug-likeness (QED) is 0.633. The van der Waals surface area contributed by atoms with E-state index < -0.39 is 10.3 Å². The summed E-state index contributed by atoms with van der Waals surface area (Å²) in [7, 11) is 0. The van der Waals surface area contributed by atoms with Crippen molar-refractivity contribution >= 4 is 22.5 Å². The van der Waals surface area contributed by atoms with Crippen molar-refractivity contribution in [2.75, 3.05) is 0 Å². The average Bonchev–Trinajstić information content (AvgIpc) is 2.64. The van der Waals surface area contributed by atoms with Crippen LogP contribution in [0.4, 0.5) is 5.69 Å². The molecule has 20 heavy (non-hydrogen) atoms. The largest absolute Gasteiger partial charge is 0.297 e. The number of nitrogens with zero attached hydrogens (tertiary/aromatic N) is 4. The van der Waals surface area contributed by atoms with Gasteiger partial charge in [-0.3, -0.25) is 14.9 Å². The second kappa shape index (κ2) is 4.66. The smallest absolute Gasteiger partial charge is 0.288 e. The van der Waals surface area contributed by atoms with Crippen LogP contribution in [0.25, 0.3) is 11.0 Å². The summed E-state index contributed by atoms with van der Waals surface area (Å²) in [4.78, 5) is 26.4. The minimum absolute atomic E-state index is 0.0297. The topological polar surface area (TPSA) is 90.9 Å². The zero-order valence-corrected chi connectivity index (χ0v) is 11.9. The van der Waals surface area contributed by atoms with Gasteiger partial charge in [0.15, 0.2) is 11.4 Å². The van der Waals surface area contributed by atoms with E-state index in [1.807, 2.05) is 20.8 Å². The molecule has 2 rings (SSSR count). The molecule has 0 saturated heterocycles. The Morgan fingerprint density at radius 1 is 1.45 bits per heavy atom. The number of hydrogen-bond acceptors (Lipinski definition) is 5. The summed E-state index contributed by atoms with van der Waals surface area (Å²) in [5, 5.41) is 15.6. The fraction of sp³-hybridized carbons (Fsp3) is 0.462. The normalized spacial score (nSPS) is 11.8. The number of nitro groups is 1. The van der Waals surface area contributed by atoms with Crippen LogP contribution in [0.15, 0.2) is 12.3 Å². The van der Waals surface area contributed by atoms with Crippen molar-refractivity contribution < 1.29 is 9.72 Å². The van der Waals surface area contributed by atoms with E-state index in [2.05, 4.69) is 10.1 Å². The number of carbonyl (C=O) groups excluding carboxylic acids is 1. The zero-order valence-electron chi connectivity index (χ0n) is 11.9. The number of carbonyl (C=O) groups is 1. The molecular formula is C13H16N4O3. The van der Waals surface area contributed by atoms with Gasteiger partial charge in [-0.15, -0.1) is 0 Å². The molecule has 0 bridgehead atoms. The Balaban J connectivity index is 2.47. The van der Waals surface area contributed by atoms with E-state index in [-0.39, 0.29) is 18.0 Å². The first-order valence-electron chi connectivity index (χ1n) is 6.21. The van der Waals surface area contributed by atoms with E-state index in [4.69, 9.17) is 0 Å². The predicted octanol–water partition coefficient (Wildman–Crippen LogP) is 2.26. The maximum absolute atomic E-state index is 12.1. The third-order valence-corrected chi connectivity index (χ3v) is 3.10. The number of Topliss-reactive ketones (excluding diaryl/α,β-unsaturated/α-hetero) is 1. The molecule has 0 aliphatic heterocycles. The molecule has 7 heteroatoms. The van der Waals surface area contributed by atoms with Crippen molar-refractivity contribution in [1.29, 1.82) is 0 Å². The first kappa shape index (κ1) is 14.1. The summed E-state index contributed by atoms with van der Waals surface area (Å²) in [5.41, 5.74) is 0.568. The molecule has 106 valence electrons. The minimum Gasteiger partial charge on any atom is -0.297 e. The highest BCUT2D eigenvalue weighted by Crippen LogP contribution is 2.22. The van der Waals surface area contributed by atoms with Crippen LogP contribution >= 0.6 is 0 Å². The maximum atomic E-state index is 12.1. The molecule has 0 amide bonds. The Labute approximate surface area is 115 Å². The summed E-state index contributed by atoms with van der Waals surface area (Å²) >= 11 is 0. The van der Waals surface area contributed by atoms with Crippen molar-refractivity contribution in [3.8, 4) is 0 Å². The van der Waals surface area contributed by atoms with Crippen LogP contribution in [0.2, 0.25) is 0 Å². The molecule has 0 saturated carbocycles. The van der Waals surface area contributed by atoms with E-state index in [1.165, 1.54) is 16.9 Å². The van der Waals surface area contributed by atoms with Crippen molar-refractivity contribution in [3.63, 3.8) is 0 Å². The lowest BCUT2D eigenvalue weighted by Gasteiger charge is -2.16. The van der Waals surface area contributed by atoms with Crippen LogP contribution in [-0.2, 0) is 11.3 Å². The highest BCUT2D eigenvalue weighted by atomic mass is 16.6. The molecule has 0 aliphatic carbocycles. The lowest BCUT2D eigenvalue weighted by Crippen LogP contribution is -2.25. The van der Waals surface area contributed by atoms with Gasteiger partial charge in [-0.1, -0.05) is 20.8 Å². The minimum atomic E-state index is -0.497. The first-order chi connectivity index (χ1) is 9.20. The Morgan fingerprint density at radius 2 is 2.10 bits per heavy atom. The highest BCUT2D eigenvalue weighted by Gasteiger charge is 2.23. The molecule has 0 fully saturated rings. The van der Waals surface area contributed by atoms with Gasteiger partial charge >= 0.3 is 0 Å². The maximum Gasteiger partial charge on any atom is 0.288 e. The summed E-state index contributed by atoms with van der Waals surface area (Å²) in [6, 6.07) is 1.43. The molecular weight excluding hydrogens is 260 g/mol. The number of aryl methyl sites for hydroxylation is 1. The van der Waals surface area contributed by atoms with Gasteiger partial charge in [0, 0.05) is 16.9 Å². The van der Waals surface area contributed by atoms with E-state index in [1.54, 1.807) is 6.92 Å². The van der Waals surface area contributed by atoms with Crippen molar-refractivity contribution in [1.82, 2.24) is 14.8 Å². The average molecular weight is 276 g/mol. The predicted molar refractivity (Wildman–Crippen MR) is 73.4 cm³/mol. The number of aromatic nitrogens is 3. The summed E-state index contributed by atoms with van der Waals surface area (Å²) in [6.07, 6.45) is 1.18. The van der Waals surface area contributed by atoms with E-state index in [0.29, 0.717) is 16.7 Å². The molecule has 2 aromatic rings. The number of pyridine rings is 1. The SMILES string of the molecule is Cc1nn(CC(=O)C(C)(C)C)c2ncc([N+](=O)[O-])cc12. The summed E-state index contributed by atoms with van der Waals surface area (Å²) < 4.78 is 1.50. The fourth-order valence-electron chi connectivity index (χ4n) is 1.78. The van der Waals surface area contributed by atoms with Gasteiger partial charge in [0.1, 0.15) is 12.7 Å². The summed E-state index contributed by atoms with van der Waals surface area (Å²) in [5.74, 6) is 0.0297. The lowest BCUT2D eigenvalue weighted by molar-refractivity contribution is -0.385. The molecule has 2 heterocycles. The zero-order chi connectivity index (χ0) is 15.1. The summed E-state index contributed by atoms with van der Waals surface area (Å²) in [6.45, 7) is 7.37. The van der Waals surface area contributed by atoms with E-state index in [9.17, 15) is 14.9 Å². The van der Waals surface area contributed by atoms with Crippen LogP contribution in [0.3, 0.4) is 0 Å². The van der Waals surface area contributed by atoms with Crippen LogP contribution in [-0.4, -0.2) is 25.5 Å². The standard InChI is InChI=1S/C13H16N4O3/c1-8-10-5-9(17(19)20)6-14-12(10)16(15-8)7-11(18)13(2,3)4/h5-6H,7H2,1-4H3. The molecule has 7 nitrogen and oxygen atoms in total. The third kappa shape index (κ3) is 2.52. The molecule has 2 aromatic heterocycles. The molecule has 0 aromatic carbocycles. The molecule has 0 aliphatic rings. The van der Waals surface area contributed by atoms with Crippen LogP contribution < -0.4 is 0 Å². The van der Waals surface area contributed by atoms with Gasteiger partial charge in [-0.25, -0.2) is 9.67 Å². The van der Waals surface area contributed by atoms with Gasteiger partial charge in [0.2, 0.25) is 0 Å². The van der Waals surface area contributed by atoms with Crippen LogP contribution in [0.5, 0.6) is 0 Å². The van der Waals surface area contributed by atoms with Gasteiger partial charge in [0.25, 0.3) is 5.69 Å². The van der Waals surface area contributed by atoms with Gasteiger partial charge in [-0.05, 0) is 6.92 Å². The van der Waals surface area contributed by atoms with Crippen molar-refractivity contribution in [2.24, 2.45) is 5.41 Å². The highest BCUT2D eigenvalue weighted by molar-refractivity contribution is 5.86.